The lowest BCUT2D eigenvalue weighted by atomic mass is 10.2. The quantitative estimate of drug-likeness (QED) is 0.901. The van der Waals surface area contributed by atoms with E-state index in [4.69, 9.17) is 0 Å². The maximum absolute atomic E-state index is 13.1. The van der Waals surface area contributed by atoms with E-state index in [1.54, 1.807) is 29.2 Å². The zero-order valence-corrected chi connectivity index (χ0v) is 12.1. The average Bonchev–Trinajstić information content (AvgIpc) is 2.87. The molecule has 1 aromatic carbocycles. The minimum Gasteiger partial charge on any atom is -0.325 e. The summed E-state index contributed by atoms with van der Waals surface area (Å²) in [5.41, 5.74) is 1.40. The molecule has 2 aromatic rings. The molecule has 1 heterocycles. The molecule has 1 N–H and O–H groups in total. The fourth-order valence-electron chi connectivity index (χ4n) is 1.55. The molecule has 0 unspecified atom stereocenters. The van der Waals surface area contributed by atoms with Crippen LogP contribution in [0.15, 0.2) is 35.7 Å². The highest BCUT2D eigenvalue weighted by molar-refractivity contribution is 7.99. The molecule has 1 amide bonds. The molecule has 0 bridgehead atoms. The zero-order chi connectivity index (χ0) is 13.7. The van der Waals surface area contributed by atoms with Crippen molar-refractivity contribution in [3.8, 4) is 0 Å². The first kappa shape index (κ1) is 14.1. The Bertz CT molecular complexity index is 555. The molecule has 0 spiro atoms. The summed E-state index contributed by atoms with van der Waals surface area (Å²) in [6, 6.07) is 8.43. The van der Waals surface area contributed by atoms with Crippen LogP contribution in [0.3, 0.4) is 0 Å². The Hall–Kier alpha value is -1.33. The maximum Gasteiger partial charge on any atom is 0.234 e. The molecule has 19 heavy (non-hydrogen) atoms. The molecule has 0 aliphatic heterocycles. The summed E-state index contributed by atoms with van der Waals surface area (Å²) in [6.07, 6.45) is 0. The number of aryl methyl sites for hydroxylation is 1. The number of hydrogen-bond acceptors (Lipinski definition) is 3. The molecule has 2 rings (SSSR count). The molecule has 0 fully saturated rings. The van der Waals surface area contributed by atoms with Crippen molar-refractivity contribution in [2.75, 3.05) is 11.1 Å². The Labute approximate surface area is 120 Å². The van der Waals surface area contributed by atoms with Crippen LogP contribution in [0.5, 0.6) is 0 Å². The van der Waals surface area contributed by atoms with Gasteiger partial charge in [0.15, 0.2) is 0 Å². The summed E-state index contributed by atoms with van der Waals surface area (Å²) in [6.45, 7) is 1.84. The van der Waals surface area contributed by atoms with Crippen LogP contribution < -0.4 is 5.32 Å². The SMILES string of the molecule is Cc1ccc(F)cc1NC(=O)CSCc1cccs1. The van der Waals surface area contributed by atoms with Crippen molar-refractivity contribution in [2.24, 2.45) is 0 Å². The predicted octanol–water partition coefficient (Wildman–Crippen LogP) is 4.07. The number of halogens is 1. The van der Waals surface area contributed by atoms with E-state index in [2.05, 4.69) is 5.32 Å². The first-order valence-electron chi connectivity index (χ1n) is 5.81. The van der Waals surface area contributed by atoms with Crippen LogP contribution in [-0.4, -0.2) is 11.7 Å². The van der Waals surface area contributed by atoms with Crippen LogP contribution in [0.2, 0.25) is 0 Å². The lowest BCUT2D eigenvalue weighted by Crippen LogP contribution is -2.15. The number of hydrogen-bond donors (Lipinski definition) is 1. The minimum absolute atomic E-state index is 0.102. The molecule has 0 saturated heterocycles. The second kappa shape index (κ2) is 6.73. The van der Waals surface area contributed by atoms with Gasteiger partial charge in [-0.05, 0) is 36.1 Å². The van der Waals surface area contributed by atoms with E-state index in [1.165, 1.54) is 17.0 Å². The average molecular weight is 295 g/mol. The fraction of sp³-hybridized carbons (Fsp3) is 0.214. The van der Waals surface area contributed by atoms with Gasteiger partial charge in [-0.2, -0.15) is 0 Å². The second-order valence-electron chi connectivity index (χ2n) is 4.08. The Morgan fingerprint density at radius 3 is 3.00 bits per heavy atom. The van der Waals surface area contributed by atoms with E-state index in [-0.39, 0.29) is 11.7 Å². The number of nitrogens with one attached hydrogen (secondary N) is 1. The second-order valence-corrected chi connectivity index (χ2v) is 6.10. The van der Waals surface area contributed by atoms with E-state index in [0.717, 1.165) is 11.3 Å². The summed E-state index contributed by atoms with van der Waals surface area (Å²) in [7, 11) is 0. The largest absolute Gasteiger partial charge is 0.325 e. The molecule has 100 valence electrons. The van der Waals surface area contributed by atoms with Gasteiger partial charge < -0.3 is 5.32 Å². The third-order valence-corrected chi connectivity index (χ3v) is 4.57. The Morgan fingerprint density at radius 2 is 2.26 bits per heavy atom. The third-order valence-electron chi connectivity index (χ3n) is 2.53. The van der Waals surface area contributed by atoms with Gasteiger partial charge in [0, 0.05) is 16.3 Å². The normalized spacial score (nSPS) is 10.4. The summed E-state index contributed by atoms with van der Waals surface area (Å²) in [5.74, 6) is 0.753. The highest BCUT2D eigenvalue weighted by Crippen LogP contribution is 2.19. The molecule has 0 aliphatic carbocycles. The van der Waals surface area contributed by atoms with E-state index in [1.807, 2.05) is 24.4 Å². The molecule has 0 radical (unpaired) electrons. The van der Waals surface area contributed by atoms with E-state index >= 15 is 0 Å². The van der Waals surface area contributed by atoms with Crippen LogP contribution in [0.1, 0.15) is 10.4 Å². The highest BCUT2D eigenvalue weighted by atomic mass is 32.2. The number of anilines is 1. The van der Waals surface area contributed by atoms with Crippen molar-refractivity contribution in [1.29, 1.82) is 0 Å². The third kappa shape index (κ3) is 4.36. The van der Waals surface area contributed by atoms with Gasteiger partial charge >= 0.3 is 0 Å². The molecule has 0 atom stereocenters. The van der Waals surface area contributed by atoms with Crippen LogP contribution in [0, 0.1) is 12.7 Å². The van der Waals surface area contributed by atoms with Crippen LogP contribution in [-0.2, 0) is 10.5 Å². The smallest absolute Gasteiger partial charge is 0.234 e. The molecule has 0 saturated carbocycles. The standard InChI is InChI=1S/C14H14FNOS2/c1-10-4-5-11(15)7-13(10)16-14(17)9-18-8-12-3-2-6-19-12/h2-7H,8-9H2,1H3,(H,16,17). The molecular formula is C14H14FNOS2. The van der Waals surface area contributed by atoms with Gasteiger partial charge in [0.25, 0.3) is 0 Å². The van der Waals surface area contributed by atoms with Crippen molar-refractivity contribution >= 4 is 34.7 Å². The van der Waals surface area contributed by atoms with Crippen molar-refractivity contribution in [1.82, 2.24) is 0 Å². The van der Waals surface area contributed by atoms with Crippen LogP contribution in [0.4, 0.5) is 10.1 Å². The molecule has 1 aromatic heterocycles. The summed E-state index contributed by atoms with van der Waals surface area (Å²) in [5, 5.41) is 4.75. The number of benzene rings is 1. The van der Waals surface area contributed by atoms with Crippen molar-refractivity contribution < 1.29 is 9.18 Å². The van der Waals surface area contributed by atoms with Gasteiger partial charge in [-0.3, -0.25) is 4.79 Å². The van der Waals surface area contributed by atoms with Crippen molar-refractivity contribution in [3.63, 3.8) is 0 Å². The summed E-state index contributed by atoms with van der Waals surface area (Å²) < 4.78 is 13.1. The first-order valence-corrected chi connectivity index (χ1v) is 7.85. The molecule has 5 heteroatoms. The minimum atomic E-state index is -0.341. The molecule has 0 aliphatic rings. The van der Waals surface area contributed by atoms with E-state index < -0.39 is 0 Å². The first-order chi connectivity index (χ1) is 9.15. The van der Waals surface area contributed by atoms with Crippen LogP contribution >= 0.6 is 23.1 Å². The van der Waals surface area contributed by atoms with Crippen molar-refractivity contribution in [2.45, 2.75) is 12.7 Å². The van der Waals surface area contributed by atoms with E-state index in [9.17, 15) is 9.18 Å². The Kier molecular flexibility index (Phi) is 4.99. The van der Waals surface area contributed by atoms with Gasteiger partial charge in [-0.1, -0.05) is 12.1 Å². The topological polar surface area (TPSA) is 29.1 Å². The zero-order valence-electron chi connectivity index (χ0n) is 10.5. The molecular weight excluding hydrogens is 281 g/mol. The number of thioether (sulfide) groups is 1. The van der Waals surface area contributed by atoms with Gasteiger partial charge in [-0.15, -0.1) is 23.1 Å². The number of carbonyl (C=O) groups is 1. The monoisotopic (exact) mass is 295 g/mol. The number of thiophene rings is 1. The van der Waals surface area contributed by atoms with Crippen LogP contribution in [0.25, 0.3) is 0 Å². The van der Waals surface area contributed by atoms with Gasteiger partial charge in [0.05, 0.1) is 5.75 Å². The summed E-state index contributed by atoms with van der Waals surface area (Å²) >= 11 is 3.23. The summed E-state index contributed by atoms with van der Waals surface area (Å²) in [4.78, 5) is 13.0. The Morgan fingerprint density at radius 1 is 1.42 bits per heavy atom. The Balaban J connectivity index is 1.82. The highest BCUT2D eigenvalue weighted by Gasteiger charge is 2.06. The number of amides is 1. The lowest BCUT2D eigenvalue weighted by Gasteiger charge is -2.08. The van der Waals surface area contributed by atoms with Gasteiger partial charge in [0.2, 0.25) is 5.91 Å². The molecule has 2 nitrogen and oxygen atoms in total. The van der Waals surface area contributed by atoms with E-state index in [0.29, 0.717) is 11.4 Å². The lowest BCUT2D eigenvalue weighted by molar-refractivity contribution is -0.113. The van der Waals surface area contributed by atoms with Gasteiger partial charge in [-0.25, -0.2) is 4.39 Å². The van der Waals surface area contributed by atoms with Crippen molar-refractivity contribution in [3.05, 3.63) is 52.0 Å². The fourth-order valence-corrected chi connectivity index (χ4v) is 3.22. The van der Waals surface area contributed by atoms with Gasteiger partial charge in [0.1, 0.15) is 5.82 Å². The predicted molar refractivity (Wildman–Crippen MR) is 80.2 cm³/mol. The number of carbonyl (C=O) groups excluding carboxylic acids is 1. The maximum atomic E-state index is 13.1. The number of rotatable bonds is 5.